The summed E-state index contributed by atoms with van der Waals surface area (Å²) < 4.78 is 2.68. The predicted molar refractivity (Wildman–Crippen MR) is 258 cm³/mol. The Morgan fingerprint density at radius 2 is 1.05 bits per heavy atom. The molecule has 2 aliphatic rings. The molecule has 0 N–H and O–H groups in total. The van der Waals surface area contributed by atoms with Crippen LogP contribution >= 0.6 is 11.3 Å². The first-order valence-electron chi connectivity index (χ1n) is 21.1. The lowest BCUT2D eigenvalue weighted by Gasteiger charge is -2.39. The third-order valence-corrected chi connectivity index (χ3v) is 14.9. The number of rotatable bonds is 5. The van der Waals surface area contributed by atoms with Crippen molar-refractivity contribution in [3.63, 3.8) is 0 Å². The summed E-state index contributed by atoms with van der Waals surface area (Å²) in [6.07, 6.45) is 0. The van der Waals surface area contributed by atoms with Crippen molar-refractivity contribution < 1.29 is 0 Å². The second-order valence-corrected chi connectivity index (χ2v) is 18.7. The van der Waals surface area contributed by atoms with Gasteiger partial charge in [0.15, 0.2) is 0 Å². The minimum absolute atomic E-state index is 0.130. The van der Waals surface area contributed by atoms with E-state index in [9.17, 15) is 0 Å². The molecule has 1 nitrogen and oxygen atoms in total. The Balaban J connectivity index is 1.14. The molecule has 286 valence electrons. The lowest BCUT2D eigenvalue weighted by atomic mass is 9.66. The van der Waals surface area contributed by atoms with Crippen LogP contribution in [0.25, 0.3) is 75.5 Å². The molecule has 60 heavy (non-hydrogen) atoms. The SMILES string of the molecule is CC1(C)c2ccccc2-c2ccc(N(c3ccc(-c4ccccc4)cc3)c3ccc4cccc5c4c3-c3cccc(-c4cccc6c4sc4ccccc46)c3C5(C)C)cc21. The van der Waals surface area contributed by atoms with Crippen molar-refractivity contribution in [2.24, 2.45) is 0 Å². The normalized spacial score (nSPS) is 14.3. The van der Waals surface area contributed by atoms with Crippen molar-refractivity contribution in [2.45, 2.75) is 38.5 Å². The Morgan fingerprint density at radius 1 is 0.417 bits per heavy atom. The van der Waals surface area contributed by atoms with E-state index < -0.39 is 0 Å². The number of hydrogen-bond donors (Lipinski definition) is 0. The maximum atomic E-state index is 2.53. The van der Waals surface area contributed by atoms with Gasteiger partial charge in [0.05, 0.1) is 5.69 Å². The maximum Gasteiger partial charge on any atom is 0.0546 e. The van der Waals surface area contributed by atoms with Gasteiger partial charge in [0.2, 0.25) is 0 Å². The van der Waals surface area contributed by atoms with E-state index in [2.05, 4.69) is 221 Å². The number of hydrogen-bond acceptors (Lipinski definition) is 2. The van der Waals surface area contributed by atoms with Gasteiger partial charge in [0.1, 0.15) is 0 Å². The van der Waals surface area contributed by atoms with Crippen LogP contribution in [-0.4, -0.2) is 0 Å². The average Bonchev–Trinajstić information content (AvgIpc) is 3.78. The summed E-state index contributed by atoms with van der Waals surface area (Å²) >= 11 is 1.91. The van der Waals surface area contributed by atoms with Crippen LogP contribution in [0.3, 0.4) is 0 Å². The number of nitrogens with zero attached hydrogens (tertiary/aromatic N) is 1. The number of thiophene rings is 1. The molecule has 0 unspecified atom stereocenters. The predicted octanol–water partition coefficient (Wildman–Crippen LogP) is 16.6. The van der Waals surface area contributed by atoms with Crippen LogP contribution in [-0.2, 0) is 10.8 Å². The summed E-state index contributed by atoms with van der Waals surface area (Å²) in [6.45, 7) is 9.63. The van der Waals surface area contributed by atoms with E-state index in [0.29, 0.717) is 0 Å². The van der Waals surface area contributed by atoms with Crippen molar-refractivity contribution in [1.82, 2.24) is 0 Å². The van der Waals surface area contributed by atoms with Crippen LogP contribution in [0, 0.1) is 0 Å². The summed E-state index contributed by atoms with van der Waals surface area (Å²) in [5.41, 5.74) is 18.9. The number of fused-ring (bicyclic) bond motifs is 8. The van der Waals surface area contributed by atoms with E-state index >= 15 is 0 Å². The third-order valence-electron chi connectivity index (χ3n) is 13.6. The Kier molecular flexibility index (Phi) is 7.56. The monoisotopic (exact) mass is 785 g/mol. The summed E-state index contributed by atoms with van der Waals surface area (Å²) in [5, 5.41) is 5.26. The third kappa shape index (κ3) is 4.98. The van der Waals surface area contributed by atoms with Crippen LogP contribution in [0.4, 0.5) is 17.1 Å². The molecule has 0 saturated carbocycles. The highest BCUT2D eigenvalue weighted by Crippen LogP contribution is 2.57. The standard InChI is InChI=1S/C58H43NS/c1-57(2)48-24-10-8-18-41(48)42-33-32-40(35-50(42)57)59(39-30-27-37(28-31-39)36-15-6-5-7-16-36)51-34-29-38-17-12-25-49-53(38)54(51)47-23-13-20-44(55(47)58(49,3)4)46-22-14-21-45-43-19-9-11-26-52(43)60-56(45)46/h5-35H,1-4H3. The van der Waals surface area contributed by atoms with Crippen molar-refractivity contribution in [3.05, 3.63) is 210 Å². The summed E-state index contributed by atoms with van der Waals surface area (Å²) in [6, 6.07) is 70.4. The minimum Gasteiger partial charge on any atom is -0.310 e. The fraction of sp³-hybridized carbons (Fsp3) is 0.103. The van der Waals surface area contributed by atoms with Crippen LogP contribution in [0.5, 0.6) is 0 Å². The highest BCUT2D eigenvalue weighted by Gasteiger charge is 2.39. The average molecular weight is 786 g/mol. The Hall–Kier alpha value is -6.74. The molecule has 12 rings (SSSR count). The van der Waals surface area contributed by atoms with Gasteiger partial charge in [-0.3, -0.25) is 0 Å². The molecule has 2 aliphatic carbocycles. The van der Waals surface area contributed by atoms with E-state index in [1.165, 1.54) is 103 Å². The van der Waals surface area contributed by atoms with Gasteiger partial charge in [-0.05, 0) is 108 Å². The second kappa shape index (κ2) is 12.9. The molecule has 10 aromatic rings. The number of benzene rings is 9. The van der Waals surface area contributed by atoms with Crippen molar-refractivity contribution in [2.75, 3.05) is 4.90 Å². The molecular weight excluding hydrogens is 743 g/mol. The van der Waals surface area contributed by atoms with Gasteiger partial charge in [0, 0.05) is 47.9 Å². The fourth-order valence-electron chi connectivity index (χ4n) is 10.8. The first-order valence-corrected chi connectivity index (χ1v) is 21.9. The van der Waals surface area contributed by atoms with Crippen molar-refractivity contribution in [1.29, 1.82) is 0 Å². The lowest BCUT2D eigenvalue weighted by Crippen LogP contribution is -2.25. The molecule has 0 fully saturated rings. The van der Waals surface area contributed by atoms with Crippen LogP contribution in [0.15, 0.2) is 188 Å². The first-order chi connectivity index (χ1) is 29.3. The van der Waals surface area contributed by atoms with Gasteiger partial charge >= 0.3 is 0 Å². The molecule has 0 saturated heterocycles. The largest absolute Gasteiger partial charge is 0.310 e. The lowest BCUT2D eigenvalue weighted by molar-refractivity contribution is 0.647. The van der Waals surface area contributed by atoms with E-state index in [-0.39, 0.29) is 10.8 Å². The van der Waals surface area contributed by atoms with Crippen LogP contribution < -0.4 is 4.90 Å². The molecule has 0 amide bonds. The molecule has 1 heterocycles. The Labute approximate surface area is 355 Å². The molecule has 0 radical (unpaired) electrons. The van der Waals surface area contributed by atoms with Crippen molar-refractivity contribution in [3.8, 4) is 44.5 Å². The van der Waals surface area contributed by atoms with Gasteiger partial charge in [0.25, 0.3) is 0 Å². The molecule has 0 spiro atoms. The molecule has 9 aromatic carbocycles. The minimum atomic E-state index is -0.262. The molecule has 0 atom stereocenters. The zero-order valence-electron chi connectivity index (χ0n) is 34.3. The van der Waals surface area contributed by atoms with Crippen molar-refractivity contribution >= 4 is 59.3 Å². The molecule has 1 aromatic heterocycles. The Bertz CT molecular complexity index is 3370. The topological polar surface area (TPSA) is 3.24 Å². The highest BCUT2D eigenvalue weighted by molar-refractivity contribution is 7.26. The van der Waals surface area contributed by atoms with E-state index in [1.54, 1.807) is 0 Å². The molecule has 2 heteroatoms. The van der Waals surface area contributed by atoms with Crippen LogP contribution in [0.1, 0.15) is 49.9 Å². The highest BCUT2D eigenvalue weighted by atomic mass is 32.1. The smallest absolute Gasteiger partial charge is 0.0546 e. The van der Waals surface area contributed by atoms with Crippen LogP contribution in [0.2, 0.25) is 0 Å². The van der Waals surface area contributed by atoms with E-state index in [1.807, 2.05) is 11.3 Å². The quantitative estimate of drug-likeness (QED) is 0.168. The maximum absolute atomic E-state index is 2.53. The Morgan fingerprint density at radius 3 is 1.92 bits per heavy atom. The molecular formula is C58H43NS. The van der Waals surface area contributed by atoms with Gasteiger partial charge in [-0.1, -0.05) is 179 Å². The first kappa shape index (κ1) is 35.2. The van der Waals surface area contributed by atoms with Gasteiger partial charge in [-0.15, -0.1) is 11.3 Å². The van der Waals surface area contributed by atoms with Gasteiger partial charge in [-0.25, -0.2) is 0 Å². The van der Waals surface area contributed by atoms with E-state index in [0.717, 1.165) is 11.4 Å². The summed E-state index contributed by atoms with van der Waals surface area (Å²) in [4.78, 5) is 2.53. The van der Waals surface area contributed by atoms with Gasteiger partial charge < -0.3 is 4.90 Å². The molecule has 0 aliphatic heterocycles. The van der Waals surface area contributed by atoms with Gasteiger partial charge in [-0.2, -0.15) is 0 Å². The number of anilines is 3. The van der Waals surface area contributed by atoms with E-state index in [4.69, 9.17) is 0 Å². The summed E-state index contributed by atoms with van der Waals surface area (Å²) in [7, 11) is 0. The summed E-state index contributed by atoms with van der Waals surface area (Å²) in [5.74, 6) is 0. The fourth-order valence-corrected chi connectivity index (χ4v) is 12.0. The zero-order valence-corrected chi connectivity index (χ0v) is 35.1. The zero-order chi connectivity index (χ0) is 40.3. The second-order valence-electron chi connectivity index (χ2n) is 17.6. The molecule has 0 bridgehead atoms.